The van der Waals surface area contributed by atoms with Gasteiger partial charge in [-0.25, -0.2) is 0 Å². The number of hydrogen-bond donors (Lipinski definition) is 12. The van der Waals surface area contributed by atoms with Gasteiger partial charge in [-0.15, -0.1) is 6.58 Å². The van der Waals surface area contributed by atoms with Gasteiger partial charge in [0.2, 0.25) is 6.29 Å². The lowest BCUT2D eigenvalue weighted by Crippen LogP contribution is -2.66. The van der Waals surface area contributed by atoms with Crippen LogP contribution in [0.25, 0.3) is 0 Å². The molecule has 0 aromatic carbocycles. The lowest BCUT2D eigenvalue weighted by Gasteiger charge is -2.65. The van der Waals surface area contributed by atoms with Gasteiger partial charge in [-0.1, -0.05) is 33.3 Å². The fourth-order valence-electron chi connectivity index (χ4n) is 18.0. The number of aliphatic hydroxyl groups excluding tert-OH is 12. The van der Waals surface area contributed by atoms with Crippen LogP contribution in [0.5, 0.6) is 0 Å². The van der Waals surface area contributed by atoms with Gasteiger partial charge in [0, 0.05) is 38.2 Å². The van der Waals surface area contributed by atoms with Crippen LogP contribution in [0.15, 0.2) is 24.0 Å². The summed E-state index contributed by atoms with van der Waals surface area (Å²) in [5, 5.41) is 132. The first-order valence-corrected chi connectivity index (χ1v) is 31.2. The smallest absolute Gasteiger partial charge is 0.313 e. The van der Waals surface area contributed by atoms with Crippen molar-refractivity contribution in [2.24, 2.45) is 45.3 Å². The predicted octanol–water partition coefficient (Wildman–Crippen LogP) is -1.18. The van der Waals surface area contributed by atoms with Crippen LogP contribution in [-0.2, 0) is 71.2 Å². The van der Waals surface area contributed by atoms with Crippen LogP contribution >= 0.6 is 0 Å². The molecule has 0 amide bonds. The Kier molecular flexibility index (Phi) is 20.1. The van der Waals surface area contributed by atoms with Gasteiger partial charge < -0.3 is 123 Å². The molecule has 0 radical (unpaired) electrons. The number of allylic oxidation sites excluding steroid dienone is 2. The fraction of sp³-hybridized carbons (Fsp3) is 0.902. The van der Waals surface area contributed by atoms with Crippen LogP contribution in [0.3, 0.4) is 0 Å². The molecule has 27 heteroatoms. The Labute approximate surface area is 512 Å². The largest absolute Gasteiger partial charge is 0.466 e. The summed E-state index contributed by atoms with van der Waals surface area (Å²) in [6, 6.07) is 0. The zero-order chi connectivity index (χ0) is 64.1. The van der Waals surface area contributed by atoms with Crippen LogP contribution in [0, 0.1) is 45.3 Å². The highest BCUT2D eigenvalue weighted by Gasteiger charge is 2.77. The summed E-state index contributed by atoms with van der Waals surface area (Å²) in [5.74, 6) is 0.336. The Morgan fingerprint density at radius 2 is 1.26 bits per heavy atom. The first-order chi connectivity index (χ1) is 41.4. The maximum Gasteiger partial charge on any atom is 0.313 e. The number of fused-ring (bicyclic) bond motifs is 4. The summed E-state index contributed by atoms with van der Waals surface area (Å²) in [6.45, 7) is 17.3. The van der Waals surface area contributed by atoms with Crippen LogP contribution in [-0.4, -0.2) is 260 Å². The third-order valence-electron chi connectivity index (χ3n) is 22.3. The molecule has 0 aromatic rings. The number of methoxy groups -OCH3 is 1. The third-order valence-corrected chi connectivity index (χ3v) is 22.3. The standard InChI is InChI=1S/C61H96O27/c1-25(2)19-28(80-27(4)64)20-60(9)36-14-17-59(8)30-11-12-35-57(5,6)37(15-16-58(35,7)29(30)13-18-61(36,59)56(75)88-60)84-55-50(40(68)34(24-78-55)83-53-43(71)41(69)38(66)32(21-62)81-53)87-52-44(72)42(70)47(26(3)79-52)85-51-45(73)48(31(65)23-77-51)86-54-46(74)49(76-10)39(67)33(22-63)82-54/h15,26,28-36,38-55,62-63,65-74H,1,11-14,16-24H2,2-10H3/t26-,28+,29-,30-,31-,32-,33-,34-,35+,36-,38-,39-,40+,41+,42-,43-,44-,45-,46-,47-,48+,49+,50-,51+,52+,53+,54+,55+,58-,59+,60+,61-/m1/s1. The lowest BCUT2D eigenvalue weighted by atomic mass is 9.38. The molecular weight excluding hydrogens is 1160 g/mol. The normalized spacial score (nSPS) is 51.2. The molecule has 6 heterocycles. The summed E-state index contributed by atoms with van der Waals surface area (Å²) in [7, 11) is 1.21. The SMILES string of the molecule is C=C(C)C[C@@H](C[C@]1(C)OC(=O)[C@]23CC[C@@H]4[C@@H](CC[C@H]5C(C)(C)C(O[C@@H]6OC[C@@H](O[C@@H]7O[C@H](CO)[C@@H](O)[C@H](O)[C@H]7O)[C@H](O)[C@H]6O[C@@H]6O[C@H](C)[C@@H](O[C@@H]7OC[C@@H](O)[C@H](O[C@@H]8O[C@H](CO)[C@@H](O)[C@H](OC)[C@H]8O)[C@H]7O)[C@H](O)[C@H]6O)=CC[C@]45C)[C@]2(C)CC[C@@H]31)OC(C)=O. The van der Waals surface area contributed by atoms with Gasteiger partial charge in [0.15, 0.2) is 31.3 Å². The molecule has 32 atom stereocenters. The molecule has 12 N–H and O–H groups in total. The van der Waals surface area contributed by atoms with Gasteiger partial charge in [-0.3, -0.25) is 9.59 Å². The topological polar surface area (TPSA) is 397 Å². The molecule has 0 bridgehead atoms. The maximum absolute atomic E-state index is 14.7. The second-order valence-corrected chi connectivity index (χ2v) is 28.0. The molecule has 4 aliphatic carbocycles. The molecular formula is C61H96O27. The predicted molar refractivity (Wildman–Crippen MR) is 298 cm³/mol. The zero-order valence-corrected chi connectivity index (χ0v) is 51.6. The Hall–Kier alpha value is -2.66. The number of carbonyl (C=O) groups is 2. The Bertz CT molecular complexity index is 2490. The van der Waals surface area contributed by atoms with Crippen molar-refractivity contribution in [1.82, 2.24) is 0 Å². The molecule has 6 aliphatic heterocycles. The molecule has 10 rings (SSSR count). The highest BCUT2D eigenvalue weighted by atomic mass is 16.8. The van der Waals surface area contributed by atoms with Gasteiger partial charge in [0.1, 0.15) is 115 Å². The molecule has 0 unspecified atom stereocenters. The molecule has 502 valence electrons. The minimum atomic E-state index is -1.97. The highest BCUT2D eigenvalue weighted by Crippen LogP contribution is 2.77. The van der Waals surface area contributed by atoms with E-state index in [0.29, 0.717) is 31.4 Å². The number of aliphatic hydroxyl groups is 12. The van der Waals surface area contributed by atoms with E-state index in [-0.39, 0.29) is 40.5 Å². The number of esters is 2. The van der Waals surface area contributed by atoms with Crippen LogP contribution in [0.2, 0.25) is 0 Å². The fourth-order valence-corrected chi connectivity index (χ4v) is 18.0. The lowest BCUT2D eigenvalue weighted by molar-refractivity contribution is -0.384. The number of cyclic esters (lactones) is 1. The second kappa shape index (κ2) is 25.9. The van der Waals surface area contributed by atoms with Crippen molar-refractivity contribution in [1.29, 1.82) is 0 Å². The zero-order valence-electron chi connectivity index (χ0n) is 51.6. The minimum absolute atomic E-state index is 0.0368. The van der Waals surface area contributed by atoms with Gasteiger partial charge in [0.25, 0.3) is 0 Å². The van der Waals surface area contributed by atoms with Gasteiger partial charge in [0.05, 0.1) is 37.9 Å². The van der Waals surface area contributed by atoms with Crippen molar-refractivity contribution in [3.63, 3.8) is 0 Å². The third kappa shape index (κ3) is 11.7. The van der Waals surface area contributed by atoms with Gasteiger partial charge in [-0.05, 0) is 100 Å². The number of carbonyl (C=O) groups excluding carboxylic acids is 2. The highest BCUT2D eigenvalue weighted by molar-refractivity contribution is 5.82. The molecule has 88 heavy (non-hydrogen) atoms. The van der Waals surface area contributed by atoms with Crippen molar-refractivity contribution in [2.75, 3.05) is 33.5 Å². The molecule has 10 aliphatic rings. The van der Waals surface area contributed by atoms with Crippen LogP contribution < -0.4 is 0 Å². The van der Waals surface area contributed by atoms with E-state index in [2.05, 4.69) is 34.3 Å². The van der Waals surface area contributed by atoms with Crippen molar-refractivity contribution < 1.29 is 132 Å². The van der Waals surface area contributed by atoms with E-state index >= 15 is 0 Å². The first-order valence-electron chi connectivity index (χ1n) is 31.2. The molecule has 9 fully saturated rings. The van der Waals surface area contributed by atoms with Crippen LogP contribution in [0.1, 0.15) is 113 Å². The van der Waals surface area contributed by atoms with Crippen molar-refractivity contribution in [3.05, 3.63) is 24.0 Å². The summed E-state index contributed by atoms with van der Waals surface area (Å²) >= 11 is 0. The van der Waals surface area contributed by atoms with Crippen molar-refractivity contribution >= 4 is 11.9 Å². The Balaban J connectivity index is 0.860. The van der Waals surface area contributed by atoms with E-state index in [4.69, 9.17) is 61.6 Å². The molecule has 3 saturated carbocycles. The first kappa shape index (κ1) is 68.2. The number of ether oxygens (including phenoxy) is 13. The minimum Gasteiger partial charge on any atom is -0.466 e. The van der Waals surface area contributed by atoms with Gasteiger partial charge >= 0.3 is 11.9 Å². The van der Waals surface area contributed by atoms with E-state index < -0.39 is 196 Å². The second-order valence-electron chi connectivity index (χ2n) is 28.0. The van der Waals surface area contributed by atoms with Crippen molar-refractivity contribution in [2.45, 2.75) is 266 Å². The number of hydrogen-bond acceptors (Lipinski definition) is 27. The average Bonchev–Trinajstić information content (AvgIpc) is 1.45. The quantitative estimate of drug-likeness (QED) is 0.0568. The molecule has 6 saturated heterocycles. The van der Waals surface area contributed by atoms with Gasteiger partial charge in [-0.2, -0.15) is 0 Å². The van der Waals surface area contributed by atoms with Crippen molar-refractivity contribution in [3.8, 4) is 0 Å². The summed E-state index contributed by atoms with van der Waals surface area (Å²) in [6.07, 6.45) is -29.2. The van der Waals surface area contributed by atoms with Crippen LogP contribution in [0.4, 0.5) is 0 Å². The molecule has 27 nitrogen and oxygen atoms in total. The van der Waals surface area contributed by atoms with E-state index in [0.717, 1.165) is 37.7 Å². The Morgan fingerprint density at radius 1 is 0.648 bits per heavy atom. The average molecular weight is 1260 g/mol. The van der Waals surface area contributed by atoms with E-state index in [1.165, 1.54) is 21.0 Å². The van der Waals surface area contributed by atoms with E-state index in [1.807, 2.05) is 19.9 Å². The summed E-state index contributed by atoms with van der Waals surface area (Å²) in [4.78, 5) is 27.0. The van der Waals surface area contributed by atoms with E-state index in [9.17, 15) is 70.9 Å². The molecule has 1 spiro atoms. The van der Waals surface area contributed by atoms with E-state index in [1.54, 1.807) is 0 Å². The molecule has 0 aromatic heterocycles. The summed E-state index contributed by atoms with van der Waals surface area (Å²) < 4.78 is 78.0. The number of rotatable bonds is 18. The monoisotopic (exact) mass is 1260 g/mol. The maximum atomic E-state index is 14.7. The summed E-state index contributed by atoms with van der Waals surface area (Å²) in [5.41, 5.74) is -2.00. The Morgan fingerprint density at radius 3 is 1.92 bits per heavy atom.